The minimum absolute atomic E-state index is 0.0992. The molecule has 1 heterocycles. The van der Waals surface area contributed by atoms with Crippen molar-refractivity contribution in [3.8, 4) is 5.75 Å². The Morgan fingerprint density at radius 2 is 1.88 bits per heavy atom. The summed E-state index contributed by atoms with van der Waals surface area (Å²) < 4.78 is 5.17. The van der Waals surface area contributed by atoms with Gasteiger partial charge in [0.05, 0.1) is 13.7 Å². The molecule has 1 aromatic rings. The van der Waals surface area contributed by atoms with Gasteiger partial charge in [-0.05, 0) is 43.0 Å². The fraction of sp³-hybridized carbons (Fsp3) is 0.556. The summed E-state index contributed by atoms with van der Waals surface area (Å²) in [5.74, 6) is 1.17. The maximum Gasteiger partial charge on any atom is 0.242 e. The second-order valence-corrected chi connectivity index (χ2v) is 6.40. The Balaban J connectivity index is 2.04. The Labute approximate surface area is 143 Å². The largest absolute Gasteiger partial charge is 0.497 e. The lowest BCUT2D eigenvalue weighted by Gasteiger charge is -2.33. The van der Waals surface area contributed by atoms with Gasteiger partial charge >= 0.3 is 0 Å². The van der Waals surface area contributed by atoms with E-state index in [-0.39, 0.29) is 24.8 Å². The molecule has 0 aromatic heterocycles. The molecular formula is C18H27N3O3. The van der Waals surface area contributed by atoms with E-state index >= 15 is 0 Å². The SMILES string of the molecule is COc1ccc(N(CCC(N)=O)CC(=O)N2CCC(C)CC2)cc1. The molecule has 0 atom stereocenters. The van der Waals surface area contributed by atoms with Crippen LogP contribution >= 0.6 is 0 Å². The molecule has 1 saturated heterocycles. The lowest BCUT2D eigenvalue weighted by Crippen LogP contribution is -2.44. The van der Waals surface area contributed by atoms with Gasteiger partial charge in [-0.2, -0.15) is 0 Å². The first-order valence-electron chi connectivity index (χ1n) is 8.44. The van der Waals surface area contributed by atoms with Crippen LogP contribution < -0.4 is 15.4 Å². The number of rotatable bonds is 7. The Hall–Kier alpha value is -2.24. The zero-order valence-corrected chi connectivity index (χ0v) is 14.5. The Bertz CT molecular complexity index is 551. The fourth-order valence-electron chi connectivity index (χ4n) is 2.86. The Morgan fingerprint density at radius 1 is 1.25 bits per heavy atom. The van der Waals surface area contributed by atoms with Gasteiger partial charge < -0.3 is 20.3 Å². The second kappa shape index (κ2) is 8.57. The summed E-state index contributed by atoms with van der Waals surface area (Å²) in [6, 6.07) is 7.48. The minimum atomic E-state index is -0.368. The molecule has 132 valence electrons. The number of benzene rings is 1. The van der Waals surface area contributed by atoms with Gasteiger partial charge in [0.25, 0.3) is 0 Å². The third-order valence-electron chi connectivity index (χ3n) is 4.53. The number of hydrogen-bond donors (Lipinski definition) is 1. The third-order valence-corrected chi connectivity index (χ3v) is 4.53. The molecule has 0 aliphatic carbocycles. The van der Waals surface area contributed by atoms with Gasteiger partial charge in [-0.15, -0.1) is 0 Å². The molecule has 0 bridgehead atoms. The molecule has 1 fully saturated rings. The van der Waals surface area contributed by atoms with E-state index in [1.807, 2.05) is 34.1 Å². The summed E-state index contributed by atoms with van der Waals surface area (Å²) in [5.41, 5.74) is 6.16. The van der Waals surface area contributed by atoms with Crippen LogP contribution in [0.4, 0.5) is 5.69 Å². The molecule has 0 saturated carbocycles. The molecule has 0 spiro atoms. The molecule has 1 aliphatic rings. The van der Waals surface area contributed by atoms with Crippen LogP contribution in [0.2, 0.25) is 0 Å². The Kier molecular flexibility index (Phi) is 6.46. The van der Waals surface area contributed by atoms with E-state index in [4.69, 9.17) is 10.5 Å². The van der Waals surface area contributed by atoms with Crippen LogP contribution in [0.5, 0.6) is 5.75 Å². The predicted octanol–water partition coefficient (Wildman–Crippen LogP) is 1.64. The van der Waals surface area contributed by atoms with Crippen LogP contribution in [0.15, 0.2) is 24.3 Å². The number of piperidine rings is 1. The van der Waals surface area contributed by atoms with Crippen molar-refractivity contribution in [2.24, 2.45) is 11.7 Å². The Morgan fingerprint density at radius 3 is 2.42 bits per heavy atom. The number of anilines is 1. The molecule has 2 amide bonds. The number of amides is 2. The number of nitrogens with zero attached hydrogens (tertiary/aromatic N) is 2. The number of nitrogens with two attached hydrogens (primary N) is 1. The number of ether oxygens (including phenoxy) is 1. The number of carbonyl (C=O) groups excluding carboxylic acids is 2. The van der Waals surface area contributed by atoms with Crippen LogP contribution in [0.1, 0.15) is 26.2 Å². The zero-order valence-electron chi connectivity index (χ0n) is 14.5. The van der Waals surface area contributed by atoms with E-state index in [2.05, 4.69) is 6.92 Å². The monoisotopic (exact) mass is 333 g/mol. The molecule has 0 unspecified atom stereocenters. The zero-order chi connectivity index (χ0) is 17.5. The van der Waals surface area contributed by atoms with E-state index in [1.54, 1.807) is 7.11 Å². The van der Waals surface area contributed by atoms with E-state index in [0.29, 0.717) is 12.5 Å². The summed E-state index contributed by atoms with van der Waals surface area (Å²) in [6.07, 6.45) is 2.32. The van der Waals surface area contributed by atoms with Crippen LogP contribution in [0.3, 0.4) is 0 Å². The molecule has 6 nitrogen and oxygen atoms in total. The smallest absolute Gasteiger partial charge is 0.242 e. The average Bonchev–Trinajstić information content (AvgIpc) is 2.59. The first kappa shape index (κ1) is 18.1. The van der Waals surface area contributed by atoms with Crippen molar-refractivity contribution in [2.45, 2.75) is 26.2 Å². The average molecular weight is 333 g/mol. The van der Waals surface area contributed by atoms with Crippen molar-refractivity contribution in [1.29, 1.82) is 0 Å². The highest BCUT2D eigenvalue weighted by Gasteiger charge is 2.22. The van der Waals surface area contributed by atoms with Gasteiger partial charge in [0.1, 0.15) is 5.75 Å². The number of hydrogen-bond acceptors (Lipinski definition) is 4. The van der Waals surface area contributed by atoms with Gasteiger partial charge in [-0.3, -0.25) is 9.59 Å². The normalized spacial score (nSPS) is 15.2. The van der Waals surface area contributed by atoms with E-state index in [0.717, 1.165) is 37.4 Å². The van der Waals surface area contributed by atoms with Crippen LogP contribution in [-0.2, 0) is 9.59 Å². The molecule has 1 aromatic carbocycles. The minimum Gasteiger partial charge on any atom is -0.497 e. The van der Waals surface area contributed by atoms with Gasteiger partial charge in [-0.1, -0.05) is 6.92 Å². The molecular weight excluding hydrogens is 306 g/mol. The second-order valence-electron chi connectivity index (χ2n) is 6.40. The van der Waals surface area contributed by atoms with Crippen molar-refractivity contribution >= 4 is 17.5 Å². The van der Waals surface area contributed by atoms with Gasteiger partial charge in [-0.25, -0.2) is 0 Å². The summed E-state index contributed by atoms with van der Waals surface area (Å²) >= 11 is 0. The number of carbonyl (C=O) groups is 2. The fourth-order valence-corrected chi connectivity index (χ4v) is 2.86. The highest BCUT2D eigenvalue weighted by molar-refractivity contribution is 5.82. The first-order valence-corrected chi connectivity index (χ1v) is 8.44. The quantitative estimate of drug-likeness (QED) is 0.823. The topological polar surface area (TPSA) is 75.9 Å². The highest BCUT2D eigenvalue weighted by Crippen LogP contribution is 2.21. The number of likely N-dealkylation sites (tertiary alicyclic amines) is 1. The molecule has 1 aliphatic heterocycles. The van der Waals surface area contributed by atoms with Crippen molar-refractivity contribution in [2.75, 3.05) is 38.2 Å². The maximum atomic E-state index is 12.6. The summed E-state index contributed by atoms with van der Waals surface area (Å²) in [4.78, 5) is 27.6. The molecule has 2 rings (SSSR count). The lowest BCUT2D eigenvalue weighted by molar-refractivity contribution is -0.131. The number of primary amides is 1. The van der Waals surface area contributed by atoms with Crippen molar-refractivity contribution < 1.29 is 14.3 Å². The van der Waals surface area contributed by atoms with Crippen molar-refractivity contribution in [3.63, 3.8) is 0 Å². The summed E-state index contributed by atoms with van der Waals surface area (Å²) in [6.45, 7) is 4.53. The molecule has 2 N–H and O–H groups in total. The third kappa shape index (κ3) is 5.15. The standard InChI is InChI=1S/C18H27N3O3/c1-14-7-10-20(11-8-14)18(23)13-21(12-9-17(19)22)15-3-5-16(24-2)6-4-15/h3-6,14H,7-13H2,1-2H3,(H2,19,22). The predicted molar refractivity (Wildman–Crippen MR) is 94.0 cm³/mol. The van der Waals surface area contributed by atoms with E-state index in [1.165, 1.54) is 0 Å². The van der Waals surface area contributed by atoms with Gasteiger partial charge in [0, 0.05) is 31.7 Å². The lowest BCUT2D eigenvalue weighted by atomic mass is 9.99. The summed E-state index contributed by atoms with van der Waals surface area (Å²) in [5, 5.41) is 0. The van der Waals surface area contributed by atoms with Gasteiger partial charge in [0.15, 0.2) is 0 Å². The van der Waals surface area contributed by atoms with Crippen LogP contribution in [0, 0.1) is 5.92 Å². The molecule has 6 heteroatoms. The molecule has 24 heavy (non-hydrogen) atoms. The summed E-state index contributed by atoms with van der Waals surface area (Å²) in [7, 11) is 1.61. The van der Waals surface area contributed by atoms with Crippen LogP contribution in [-0.4, -0.2) is 50.0 Å². The maximum absolute atomic E-state index is 12.6. The van der Waals surface area contributed by atoms with Gasteiger partial charge in [0.2, 0.25) is 11.8 Å². The van der Waals surface area contributed by atoms with E-state index < -0.39 is 0 Å². The van der Waals surface area contributed by atoms with E-state index in [9.17, 15) is 9.59 Å². The highest BCUT2D eigenvalue weighted by atomic mass is 16.5. The first-order chi connectivity index (χ1) is 11.5. The van der Waals surface area contributed by atoms with Crippen molar-refractivity contribution in [1.82, 2.24) is 4.90 Å². The molecule has 0 radical (unpaired) electrons. The van der Waals surface area contributed by atoms with Crippen molar-refractivity contribution in [3.05, 3.63) is 24.3 Å². The van der Waals surface area contributed by atoms with Crippen LogP contribution in [0.25, 0.3) is 0 Å². The number of methoxy groups -OCH3 is 1.